The summed E-state index contributed by atoms with van der Waals surface area (Å²) in [6.07, 6.45) is 1.66. The van der Waals surface area contributed by atoms with Crippen LogP contribution in [0.15, 0.2) is 31.1 Å². The minimum Gasteiger partial charge on any atom is -0.282 e. The monoisotopic (exact) mass is 396 g/mol. The Bertz CT molecular complexity index is 657. The maximum atomic E-state index is 11.5. The van der Waals surface area contributed by atoms with Crippen molar-refractivity contribution in [2.45, 2.75) is 11.3 Å². The van der Waals surface area contributed by atoms with E-state index in [1.54, 1.807) is 0 Å². The van der Waals surface area contributed by atoms with Gasteiger partial charge in [0, 0.05) is 6.21 Å². The number of anilines is 1. The first-order valence-electron chi connectivity index (χ1n) is 4.63. The van der Waals surface area contributed by atoms with Crippen LogP contribution >= 0.6 is 31.9 Å². The van der Waals surface area contributed by atoms with E-state index >= 15 is 0 Å². The molecule has 18 heavy (non-hydrogen) atoms. The molecule has 1 aliphatic rings. The van der Waals surface area contributed by atoms with E-state index in [4.69, 9.17) is 4.55 Å². The first-order valence-corrected chi connectivity index (χ1v) is 7.66. The van der Waals surface area contributed by atoms with Crippen LogP contribution in [0.4, 0.5) is 5.69 Å². The molecule has 96 valence electrons. The number of nitrogens with zero attached hydrogens (tertiary/aromatic N) is 2. The number of benzene rings is 1. The predicted octanol–water partition coefficient (Wildman–Crippen LogP) is 2.18. The Morgan fingerprint density at radius 3 is 2.44 bits per heavy atom. The molecule has 0 aliphatic carbocycles. The highest BCUT2D eigenvalue weighted by Gasteiger charge is 2.25. The molecule has 1 heterocycles. The average molecular weight is 398 g/mol. The Morgan fingerprint density at radius 2 is 1.94 bits per heavy atom. The SMILES string of the molecule is O=C1CC=NN1c1ccc(S(=O)(=O)O)c(Br)c1Br. The number of hydrogen-bond acceptors (Lipinski definition) is 4. The van der Waals surface area contributed by atoms with Gasteiger partial charge in [0.2, 0.25) is 0 Å². The van der Waals surface area contributed by atoms with Gasteiger partial charge in [-0.05, 0) is 44.0 Å². The van der Waals surface area contributed by atoms with Gasteiger partial charge in [-0.25, -0.2) is 0 Å². The zero-order chi connectivity index (χ0) is 13.5. The highest BCUT2D eigenvalue weighted by Crippen LogP contribution is 2.38. The standard InChI is InChI=1S/C9H6Br2N2O4S/c10-8-5(13-7(14)3-4-12-13)1-2-6(9(8)11)18(15,16)17/h1-2,4H,3H2,(H,15,16,17). The second-order valence-electron chi connectivity index (χ2n) is 3.39. The number of hydrazone groups is 1. The minimum atomic E-state index is -4.33. The zero-order valence-corrected chi connectivity index (χ0v) is 12.7. The molecule has 0 atom stereocenters. The van der Waals surface area contributed by atoms with Gasteiger partial charge in [0.05, 0.1) is 21.1 Å². The van der Waals surface area contributed by atoms with Gasteiger partial charge in [-0.15, -0.1) is 0 Å². The Labute approximate surface area is 120 Å². The number of carbonyl (C=O) groups is 1. The third kappa shape index (κ3) is 2.35. The molecule has 1 aliphatic heterocycles. The van der Waals surface area contributed by atoms with Crippen LogP contribution in [0.5, 0.6) is 0 Å². The summed E-state index contributed by atoms with van der Waals surface area (Å²) in [6.45, 7) is 0. The number of hydrogen-bond donors (Lipinski definition) is 1. The third-order valence-electron chi connectivity index (χ3n) is 2.23. The van der Waals surface area contributed by atoms with Gasteiger partial charge in [-0.2, -0.15) is 18.5 Å². The molecule has 0 saturated heterocycles. The van der Waals surface area contributed by atoms with Crippen LogP contribution in [-0.4, -0.2) is 25.1 Å². The normalized spacial score (nSPS) is 15.5. The Kier molecular flexibility index (Phi) is 3.58. The van der Waals surface area contributed by atoms with Crippen LogP contribution in [-0.2, 0) is 14.9 Å². The maximum Gasteiger partial charge on any atom is 0.295 e. The van der Waals surface area contributed by atoms with Gasteiger partial charge in [0.15, 0.2) is 0 Å². The van der Waals surface area contributed by atoms with E-state index in [2.05, 4.69) is 37.0 Å². The Hall–Kier alpha value is -0.770. The van der Waals surface area contributed by atoms with Crippen molar-refractivity contribution in [3.05, 3.63) is 21.1 Å². The summed E-state index contributed by atoms with van der Waals surface area (Å²) in [5.41, 5.74) is 0.396. The molecule has 1 aromatic carbocycles. The second kappa shape index (κ2) is 4.72. The van der Waals surface area contributed by atoms with Crippen LogP contribution in [0.1, 0.15) is 6.42 Å². The highest BCUT2D eigenvalue weighted by molar-refractivity contribution is 9.13. The lowest BCUT2D eigenvalue weighted by atomic mass is 10.3. The first-order chi connectivity index (χ1) is 8.32. The van der Waals surface area contributed by atoms with Crippen LogP contribution in [0.2, 0.25) is 0 Å². The minimum absolute atomic E-state index is 0.136. The molecular weight excluding hydrogens is 392 g/mol. The van der Waals surface area contributed by atoms with E-state index in [0.29, 0.717) is 10.2 Å². The van der Waals surface area contributed by atoms with Crippen LogP contribution in [0.25, 0.3) is 0 Å². The Balaban J connectivity index is 2.58. The van der Waals surface area contributed by atoms with E-state index in [0.717, 1.165) is 5.01 Å². The summed E-state index contributed by atoms with van der Waals surface area (Å²) in [5.74, 6) is -0.220. The van der Waals surface area contributed by atoms with Gasteiger partial charge in [0.25, 0.3) is 16.0 Å². The summed E-state index contributed by atoms with van der Waals surface area (Å²) < 4.78 is 31.7. The van der Waals surface area contributed by atoms with Gasteiger partial charge >= 0.3 is 0 Å². The van der Waals surface area contributed by atoms with Crippen molar-refractivity contribution in [1.82, 2.24) is 0 Å². The number of rotatable bonds is 2. The van der Waals surface area contributed by atoms with E-state index in [-0.39, 0.29) is 21.7 Å². The average Bonchev–Trinajstić information content (AvgIpc) is 2.67. The largest absolute Gasteiger partial charge is 0.295 e. The van der Waals surface area contributed by atoms with Crippen molar-refractivity contribution in [3.63, 3.8) is 0 Å². The molecule has 6 nitrogen and oxygen atoms in total. The summed E-state index contributed by atoms with van der Waals surface area (Å²) in [5, 5.41) is 5.03. The molecule has 0 fully saturated rings. The summed E-state index contributed by atoms with van der Waals surface area (Å²) >= 11 is 6.23. The van der Waals surface area contributed by atoms with Gasteiger partial charge < -0.3 is 0 Å². The molecule has 0 radical (unpaired) electrons. The fourth-order valence-corrected chi connectivity index (χ4v) is 3.59. The van der Waals surface area contributed by atoms with Crippen molar-refractivity contribution in [2.24, 2.45) is 5.10 Å². The smallest absolute Gasteiger partial charge is 0.282 e. The maximum absolute atomic E-state index is 11.5. The van der Waals surface area contributed by atoms with Crippen LogP contribution in [0.3, 0.4) is 0 Å². The summed E-state index contributed by atoms with van der Waals surface area (Å²) in [4.78, 5) is 11.2. The predicted molar refractivity (Wildman–Crippen MR) is 72.3 cm³/mol. The van der Waals surface area contributed by atoms with Crippen molar-refractivity contribution >= 4 is 59.8 Å². The Morgan fingerprint density at radius 1 is 1.28 bits per heavy atom. The molecular formula is C9H6Br2N2O4S. The van der Waals surface area contributed by atoms with E-state index < -0.39 is 10.1 Å². The molecule has 1 aromatic rings. The number of halogens is 2. The van der Waals surface area contributed by atoms with E-state index in [9.17, 15) is 13.2 Å². The zero-order valence-electron chi connectivity index (χ0n) is 8.67. The fourth-order valence-electron chi connectivity index (χ4n) is 1.43. The van der Waals surface area contributed by atoms with Crippen molar-refractivity contribution in [2.75, 3.05) is 5.01 Å². The molecule has 0 bridgehead atoms. The van der Waals surface area contributed by atoms with Gasteiger partial charge in [-0.1, -0.05) is 0 Å². The number of carbonyl (C=O) groups excluding carboxylic acids is 1. The lowest BCUT2D eigenvalue weighted by Crippen LogP contribution is -2.20. The summed E-state index contributed by atoms with van der Waals surface area (Å²) in [6, 6.07) is 2.58. The molecule has 1 N–H and O–H groups in total. The molecule has 0 unspecified atom stereocenters. The van der Waals surface area contributed by atoms with Gasteiger partial charge in [0.1, 0.15) is 4.90 Å². The lowest BCUT2D eigenvalue weighted by molar-refractivity contribution is -0.116. The van der Waals surface area contributed by atoms with Gasteiger partial charge in [-0.3, -0.25) is 9.35 Å². The molecule has 0 aromatic heterocycles. The van der Waals surface area contributed by atoms with Crippen LogP contribution in [0, 0.1) is 0 Å². The second-order valence-corrected chi connectivity index (χ2v) is 6.37. The van der Waals surface area contributed by atoms with Crippen molar-refractivity contribution in [1.29, 1.82) is 0 Å². The van der Waals surface area contributed by atoms with Crippen molar-refractivity contribution < 1.29 is 17.8 Å². The molecule has 0 saturated carbocycles. The quantitative estimate of drug-likeness (QED) is 0.774. The third-order valence-corrected chi connectivity index (χ3v) is 5.55. The lowest BCUT2D eigenvalue weighted by Gasteiger charge is -2.15. The van der Waals surface area contributed by atoms with Crippen LogP contribution < -0.4 is 5.01 Å². The number of amides is 1. The van der Waals surface area contributed by atoms with Crippen molar-refractivity contribution in [3.8, 4) is 0 Å². The fraction of sp³-hybridized carbons (Fsp3) is 0.111. The molecule has 1 amide bonds. The summed E-state index contributed by atoms with van der Waals surface area (Å²) in [7, 11) is -4.33. The first kappa shape index (κ1) is 13.7. The molecule has 2 rings (SSSR count). The highest BCUT2D eigenvalue weighted by atomic mass is 79.9. The van der Waals surface area contributed by atoms with E-state index in [1.165, 1.54) is 18.3 Å². The topological polar surface area (TPSA) is 87.0 Å². The molecule has 0 spiro atoms. The molecule has 9 heteroatoms. The van der Waals surface area contributed by atoms with E-state index in [1.807, 2.05) is 0 Å².